The molecule has 0 radical (unpaired) electrons. The lowest BCUT2D eigenvalue weighted by atomic mass is 9.98. The summed E-state index contributed by atoms with van der Waals surface area (Å²) in [5.74, 6) is 2.73. The van der Waals surface area contributed by atoms with Gasteiger partial charge in [-0.2, -0.15) is 11.8 Å². The zero-order chi connectivity index (χ0) is 11.8. The Hall–Kier alpha value is -0.220. The average molecular weight is 244 g/mol. The highest BCUT2D eigenvalue weighted by Gasteiger charge is 2.21. The van der Waals surface area contributed by atoms with E-state index in [1.165, 1.54) is 0 Å². The molecule has 1 aliphatic rings. The smallest absolute Gasteiger partial charge is 0.224 e. The molecular weight excluding hydrogens is 220 g/mol. The molecule has 1 aliphatic heterocycles. The zero-order valence-electron chi connectivity index (χ0n) is 10.4. The summed E-state index contributed by atoms with van der Waals surface area (Å²) in [6.07, 6.45) is 3.23. The van der Waals surface area contributed by atoms with Gasteiger partial charge >= 0.3 is 0 Å². The molecule has 16 heavy (non-hydrogen) atoms. The number of piperidine rings is 1. The number of carbonyl (C=O) groups is 1. The molecule has 0 aromatic rings. The van der Waals surface area contributed by atoms with Crippen molar-refractivity contribution in [1.29, 1.82) is 0 Å². The monoisotopic (exact) mass is 244 g/mol. The predicted octanol–water partition coefficient (Wildman–Crippen LogP) is 1.63. The van der Waals surface area contributed by atoms with Gasteiger partial charge in [-0.05, 0) is 44.2 Å². The van der Waals surface area contributed by atoms with Crippen LogP contribution in [0.3, 0.4) is 0 Å². The first-order chi connectivity index (χ1) is 7.74. The van der Waals surface area contributed by atoms with Crippen LogP contribution in [0.25, 0.3) is 0 Å². The minimum atomic E-state index is 0.190. The molecule has 0 saturated carbocycles. The fraction of sp³-hybridized carbons (Fsp3) is 0.917. The van der Waals surface area contributed by atoms with Crippen LogP contribution in [0, 0.1) is 5.92 Å². The fourth-order valence-electron chi connectivity index (χ4n) is 1.91. The number of thioether (sulfide) groups is 1. The van der Waals surface area contributed by atoms with Crippen molar-refractivity contribution in [3.8, 4) is 0 Å². The first-order valence-corrected chi connectivity index (χ1v) is 7.48. The summed E-state index contributed by atoms with van der Waals surface area (Å²) in [6.45, 7) is 6.18. The molecule has 2 atom stereocenters. The molecule has 0 bridgehead atoms. The molecule has 4 heteroatoms. The van der Waals surface area contributed by atoms with Gasteiger partial charge in [0.15, 0.2) is 0 Å². The Kier molecular flexibility index (Phi) is 6.88. The maximum Gasteiger partial charge on any atom is 0.224 e. The maximum atomic E-state index is 11.9. The van der Waals surface area contributed by atoms with Crippen LogP contribution >= 0.6 is 11.8 Å². The van der Waals surface area contributed by atoms with E-state index in [0.717, 1.165) is 43.9 Å². The van der Waals surface area contributed by atoms with Crippen molar-refractivity contribution in [3.05, 3.63) is 0 Å². The fourth-order valence-corrected chi connectivity index (χ4v) is 2.72. The van der Waals surface area contributed by atoms with Crippen molar-refractivity contribution >= 4 is 17.7 Å². The molecule has 0 aromatic carbocycles. The Morgan fingerprint density at radius 3 is 3.06 bits per heavy atom. The van der Waals surface area contributed by atoms with Crippen molar-refractivity contribution in [2.24, 2.45) is 5.92 Å². The van der Waals surface area contributed by atoms with Crippen LogP contribution in [-0.4, -0.2) is 36.5 Å². The summed E-state index contributed by atoms with van der Waals surface area (Å²) >= 11 is 1.94. The van der Waals surface area contributed by atoms with Gasteiger partial charge in [-0.3, -0.25) is 4.79 Å². The summed E-state index contributed by atoms with van der Waals surface area (Å²) in [6, 6.07) is 0.313. The maximum absolute atomic E-state index is 11.9. The van der Waals surface area contributed by atoms with E-state index in [0.29, 0.717) is 6.04 Å². The van der Waals surface area contributed by atoms with E-state index in [1.54, 1.807) is 0 Å². The summed E-state index contributed by atoms with van der Waals surface area (Å²) in [7, 11) is 0. The lowest BCUT2D eigenvalue weighted by Crippen LogP contribution is -2.43. The molecule has 3 nitrogen and oxygen atoms in total. The lowest BCUT2D eigenvalue weighted by Gasteiger charge is -2.24. The first-order valence-electron chi connectivity index (χ1n) is 6.33. The SMILES string of the molecule is CCSCCC(C)NC(=O)[C@H]1CCCNC1. The van der Waals surface area contributed by atoms with E-state index in [-0.39, 0.29) is 11.8 Å². The Morgan fingerprint density at radius 1 is 1.62 bits per heavy atom. The van der Waals surface area contributed by atoms with Crippen molar-refractivity contribution in [1.82, 2.24) is 10.6 Å². The van der Waals surface area contributed by atoms with Gasteiger partial charge in [0.25, 0.3) is 0 Å². The molecule has 1 unspecified atom stereocenters. The van der Waals surface area contributed by atoms with Gasteiger partial charge in [0.05, 0.1) is 5.92 Å². The molecule has 1 amide bonds. The quantitative estimate of drug-likeness (QED) is 0.698. The van der Waals surface area contributed by atoms with Gasteiger partial charge in [0.1, 0.15) is 0 Å². The van der Waals surface area contributed by atoms with Crippen LogP contribution in [-0.2, 0) is 4.79 Å². The number of hydrogen-bond donors (Lipinski definition) is 2. The third-order valence-electron chi connectivity index (χ3n) is 2.96. The third kappa shape index (κ3) is 5.21. The normalized spacial score (nSPS) is 22.8. The second-order valence-corrected chi connectivity index (χ2v) is 5.83. The van der Waals surface area contributed by atoms with Crippen LogP contribution in [0.5, 0.6) is 0 Å². The van der Waals surface area contributed by atoms with Crippen LogP contribution in [0.2, 0.25) is 0 Å². The van der Waals surface area contributed by atoms with Gasteiger partial charge in [-0.25, -0.2) is 0 Å². The summed E-state index contributed by atoms with van der Waals surface area (Å²) < 4.78 is 0. The number of nitrogens with one attached hydrogen (secondary N) is 2. The minimum absolute atomic E-state index is 0.190. The number of carbonyl (C=O) groups excluding carboxylic acids is 1. The molecule has 1 heterocycles. The van der Waals surface area contributed by atoms with Gasteiger partial charge in [0, 0.05) is 12.6 Å². The summed E-state index contributed by atoms with van der Waals surface area (Å²) in [5.41, 5.74) is 0. The van der Waals surface area contributed by atoms with Crippen LogP contribution < -0.4 is 10.6 Å². The summed E-state index contributed by atoms with van der Waals surface area (Å²) in [4.78, 5) is 11.9. The Bertz CT molecular complexity index is 205. The number of amides is 1. The van der Waals surface area contributed by atoms with E-state index >= 15 is 0 Å². The molecule has 1 rings (SSSR count). The second-order valence-electron chi connectivity index (χ2n) is 4.44. The zero-order valence-corrected chi connectivity index (χ0v) is 11.2. The Labute approximate surface area is 103 Å². The minimum Gasteiger partial charge on any atom is -0.353 e. The van der Waals surface area contributed by atoms with E-state index in [9.17, 15) is 4.79 Å². The number of rotatable bonds is 6. The molecule has 94 valence electrons. The molecule has 0 aliphatic carbocycles. The number of hydrogen-bond acceptors (Lipinski definition) is 3. The Morgan fingerprint density at radius 2 is 2.44 bits per heavy atom. The molecule has 2 N–H and O–H groups in total. The van der Waals surface area contributed by atoms with Gasteiger partial charge in [0.2, 0.25) is 5.91 Å². The highest BCUT2D eigenvalue weighted by atomic mass is 32.2. The van der Waals surface area contributed by atoms with Crippen molar-refractivity contribution in [2.45, 2.75) is 39.2 Å². The van der Waals surface area contributed by atoms with Gasteiger partial charge in [-0.15, -0.1) is 0 Å². The second kappa shape index (κ2) is 7.96. The molecule has 0 spiro atoms. The van der Waals surface area contributed by atoms with Crippen molar-refractivity contribution in [3.63, 3.8) is 0 Å². The van der Waals surface area contributed by atoms with E-state index < -0.39 is 0 Å². The van der Waals surface area contributed by atoms with Crippen molar-refractivity contribution < 1.29 is 4.79 Å². The Balaban J connectivity index is 2.16. The topological polar surface area (TPSA) is 41.1 Å². The largest absolute Gasteiger partial charge is 0.353 e. The van der Waals surface area contributed by atoms with E-state index in [2.05, 4.69) is 24.5 Å². The molecule has 1 fully saturated rings. The van der Waals surface area contributed by atoms with Crippen molar-refractivity contribution in [2.75, 3.05) is 24.6 Å². The molecule has 1 saturated heterocycles. The standard InChI is InChI=1S/C12H24N2OS/c1-3-16-8-6-10(2)14-12(15)11-5-4-7-13-9-11/h10-11,13H,3-9H2,1-2H3,(H,14,15)/t10?,11-/m0/s1. The summed E-state index contributed by atoms with van der Waals surface area (Å²) in [5, 5.41) is 6.39. The van der Waals surface area contributed by atoms with E-state index in [1.807, 2.05) is 11.8 Å². The van der Waals surface area contributed by atoms with Crippen LogP contribution in [0.15, 0.2) is 0 Å². The third-order valence-corrected chi connectivity index (χ3v) is 3.89. The van der Waals surface area contributed by atoms with Gasteiger partial charge < -0.3 is 10.6 Å². The highest BCUT2D eigenvalue weighted by molar-refractivity contribution is 7.99. The lowest BCUT2D eigenvalue weighted by molar-refractivity contribution is -0.126. The average Bonchev–Trinajstić information content (AvgIpc) is 2.30. The van der Waals surface area contributed by atoms with E-state index in [4.69, 9.17) is 0 Å². The van der Waals surface area contributed by atoms with Crippen LogP contribution in [0.4, 0.5) is 0 Å². The van der Waals surface area contributed by atoms with Gasteiger partial charge in [-0.1, -0.05) is 6.92 Å². The highest BCUT2D eigenvalue weighted by Crippen LogP contribution is 2.11. The molecular formula is C12H24N2OS. The molecule has 0 aromatic heterocycles. The predicted molar refractivity (Wildman–Crippen MR) is 70.8 cm³/mol. The van der Waals surface area contributed by atoms with Crippen LogP contribution in [0.1, 0.15) is 33.1 Å². The first kappa shape index (κ1) is 13.8.